The number of hydrogen-bond acceptors (Lipinski definition) is 4. The number of thiocarbonyl (C=S) groups is 1. The maximum atomic E-state index is 12.2. The first-order valence-corrected chi connectivity index (χ1v) is 9.06. The van der Waals surface area contributed by atoms with E-state index in [0.29, 0.717) is 4.91 Å². The smallest absolute Gasteiger partial charge is 0.323 e. The van der Waals surface area contributed by atoms with Crippen molar-refractivity contribution >= 4 is 46.3 Å². The van der Waals surface area contributed by atoms with Gasteiger partial charge in [-0.1, -0.05) is 84.7 Å². The first-order valence-electron chi connectivity index (χ1n) is 7.84. The lowest BCUT2D eigenvalue weighted by Gasteiger charge is -2.09. The summed E-state index contributed by atoms with van der Waals surface area (Å²) in [5.74, 6) is -1.46. The van der Waals surface area contributed by atoms with Crippen molar-refractivity contribution in [2.45, 2.75) is 0 Å². The molecule has 0 bridgehead atoms. The second-order valence-corrected chi connectivity index (χ2v) is 7.21. The Morgan fingerprint density at radius 3 is 2.58 bits per heavy atom. The van der Waals surface area contributed by atoms with Crippen molar-refractivity contribution in [2.24, 2.45) is 0 Å². The van der Waals surface area contributed by atoms with Crippen LogP contribution in [0.3, 0.4) is 0 Å². The normalized spacial score (nSPS) is 16.0. The van der Waals surface area contributed by atoms with Gasteiger partial charge in [0.1, 0.15) is 10.9 Å². The zero-order valence-corrected chi connectivity index (χ0v) is 15.3. The number of rotatable bonds is 5. The minimum Gasteiger partial charge on any atom is -0.480 e. The maximum Gasteiger partial charge on any atom is 0.323 e. The van der Waals surface area contributed by atoms with Crippen LogP contribution >= 0.6 is 24.0 Å². The Labute approximate surface area is 160 Å². The molecule has 130 valence electrons. The van der Waals surface area contributed by atoms with Gasteiger partial charge < -0.3 is 5.11 Å². The average Bonchev–Trinajstić information content (AvgIpc) is 2.90. The molecule has 1 saturated heterocycles. The Bertz CT molecular complexity index is 920. The number of allylic oxidation sites excluding steroid dienone is 2. The van der Waals surface area contributed by atoms with Crippen molar-refractivity contribution in [3.63, 3.8) is 0 Å². The van der Waals surface area contributed by atoms with Crippen molar-refractivity contribution in [3.05, 3.63) is 77.2 Å². The summed E-state index contributed by atoms with van der Waals surface area (Å²) in [5.41, 5.74) is 3.25. The molecule has 2 aromatic carbocycles. The number of aliphatic carboxylic acids is 1. The van der Waals surface area contributed by atoms with Crippen LogP contribution in [-0.4, -0.2) is 32.7 Å². The fraction of sp³-hybridized carbons (Fsp3) is 0.0500. The Morgan fingerprint density at radius 2 is 1.85 bits per heavy atom. The number of carboxylic acids is 1. The highest BCUT2D eigenvalue weighted by Crippen LogP contribution is 2.30. The van der Waals surface area contributed by atoms with Crippen molar-refractivity contribution in [3.8, 4) is 11.1 Å². The summed E-state index contributed by atoms with van der Waals surface area (Å²) >= 11 is 6.18. The fourth-order valence-electron chi connectivity index (χ4n) is 2.48. The van der Waals surface area contributed by atoms with Gasteiger partial charge >= 0.3 is 5.97 Å². The molecule has 0 unspecified atom stereocenters. The summed E-state index contributed by atoms with van der Waals surface area (Å²) in [6, 6.07) is 18.1. The van der Waals surface area contributed by atoms with Crippen molar-refractivity contribution in [1.82, 2.24) is 4.90 Å². The van der Waals surface area contributed by atoms with Crippen LogP contribution < -0.4 is 0 Å². The van der Waals surface area contributed by atoms with Crippen LogP contribution in [0.25, 0.3) is 17.2 Å². The van der Waals surface area contributed by atoms with E-state index in [2.05, 4.69) is 18.2 Å². The van der Waals surface area contributed by atoms with Gasteiger partial charge in [-0.2, -0.15) is 0 Å². The van der Waals surface area contributed by atoms with E-state index in [1.54, 1.807) is 12.2 Å². The van der Waals surface area contributed by atoms with Gasteiger partial charge in [0.2, 0.25) is 0 Å². The summed E-state index contributed by atoms with van der Waals surface area (Å²) in [4.78, 5) is 24.5. The molecule has 0 spiro atoms. The van der Waals surface area contributed by atoms with Crippen LogP contribution in [-0.2, 0) is 9.59 Å². The summed E-state index contributed by atoms with van der Waals surface area (Å²) in [6.45, 7) is -0.412. The second kappa shape index (κ2) is 8.12. The van der Waals surface area contributed by atoms with Gasteiger partial charge in [-0.25, -0.2) is 0 Å². The molecule has 1 amide bonds. The van der Waals surface area contributed by atoms with Gasteiger partial charge in [0.25, 0.3) is 5.91 Å². The molecule has 0 saturated carbocycles. The molecule has 0 atom stereocenters. The molecule has 6 heteroatoms. The van der Waals surface area contributed by atoms with Crippen LogP contribution in [0.5, 0.6) is 0 Å². The molecule has 1 aliphatic heterocycles. The average molecular weight is 381 g/mol. The number of nitrogens with zero attached hydrogens (tertiary/aromatic N) is 1. The molecule has 26 heavy (non-hydrogen) atoms. The highest BCUT2D eigenvalue weighted by Gasteiger charge is 2.32. The van der Waals surface area contributed by atoms with Crippen LogP contribution in [0.15, 0.2) is 71.7 Å². The van der Waals surface area contributed by atoms with Crippen molar-refractivity contribution in [1.29, 1.82) is 0 Å². The van der Waals surface area contributed by atoms with Crippen molar-refractivity contribution in [2.75, 3.05) is 6.54 Å². The number of carbonyl (C=O) groups is 2. The SMILES string of the molecule is O=C(O)CN1C(=O)C(=CC=Cc2cccc(-c3ccccc3)c2)SC1=S. The predicted molar refractivity (Wildman–Crippen MR) is 109 cm³/mol. The van der Waals surface area contributed by atoms with Crippen LogP contribution in [0.4, 0.5) is 0 Å². The highest BCUT2D eigenvalue weighted by molar-refractivity contribution is 8.26. The van der Waals surface area contributed by atoms with Gasteiger partial charge in [0.05, 0.1) is 4.91 Å². The van der Waals surface area contributed by atoms with E-state index >= 15 is 0 Å². The zero-order valence-electron chi connectivity index (χ0n) is 13.7. The summed E-state index contributed by atoms with van der Waals surface area (Å²) in [7, 11) is 0. The largest absolute Gasteiger partial charge is 0.480 e. The molecule has 1 aliphatic rings. The van der Waals surface area contributed by atoms with Crippen LogP contribution in [0.2, 0.25) is 0 Å². The van der Waals surface area contributed by atoms with Gasteiger partial charge in [0.15, 0.2) is 0 Å². The van der Waals surface area contributed by atoms with Gasteiger partial charge in [0, 0.05) is 0 Å². The third-order valence-corrected chi connectivity index (χ3v) is 5.09. The van der Waals surface area contributed by atoms with Crippen LogP contribution in [0, 0.1) is 0 Å². The second-order valence-electron chi connectivity index (χ2n) is 5.53. The topological polar surface area (TPSA) is 57.6 Å². The Kier molecular flexibility index (Phi) is 5.65. The molecule has 2 aromatic rings. The number of thioether (sulfide) groups is 1. The van der Waals surface area contributed by atoms with E-state index in [-0.39, 0.29) is 10.2 Å². The molecular weight excluding hydrogens is 366 g/mol. The highest BCUT2D eigenvalue weighted by atomic mass is 32.2. The first-order chi connectivity index (χ1) is 12.5. The lowest BCUT2D eigenvalue weighted by atomic mass is 10.0. The molecular formula is C20H15NO3S2. The number of benzene rings is 2. The minimum absolute atomic E-state index is 0.267. The number of carboxylic acid groups (broad SMARTS) is 1. The summed E-state index contributed by atoms with van der Waals surface area (Å²) in [6.07, 6.45) is 5.34. The van der Waals surface area contributed by atoms with Gasteiger partial charge in [-0.05, 0) is 28.8 Å². The molecule has 0 aliphatic carbocycles. The van der Waals surface area contributed by atoms with Gasteiger partial charge in [-0.3, -0.25) is 14.5 Å². The lowest BCUT2D eigenvalue weighted by molar-refractivity contribution is -0.140. The Morgan fingerprint density at radius 1 is 1.12 bits per heavy atom. The van der Waals surface area contributed by atoms with Crippen LogP contribution in [0.1, 0.15) is 5.56 Å². The van der Waals surface area contributed by atoms with Crippen molar-refractivity contribution < 1.29 is 14.7 Å². The number of amides is 1. The van der Waals surface area contributed by atoms with E-state index < -0.39 is 12.5 Å². The third-order valence-electron chi connectivity index (χ3n) is 3.70. The first kappa shape index (κ1) is 18.1. The monoisotopic (exact) mass is 381 g/mol. The molecule has 3 rings (SSSR count). The molecule has 4 nitrogen and oxygen atoms in total. The van der Waals surface area contributed by atoms with E-state index in [4.69, 9.17) is 17.3 Å². The van der Waals surface area contributed by atoms with E-state index in [9.17, 15) is 9.59 Å². The Hall–Kier alpha value is -2.70. The molecule has 1 N–H and O–H groups in total. The van der Waals surface area contributed by atoms with E-state index in [0.717, 1.165) is 33.4 Å². The summed E-state index contributed by atoms with van der Waals surface area (Å²) in [5, 5.41) is 8.84. The van der Waals surface area contributed by atoms with E-state index in [1.807, 2.05) is 42.5 Å². The van der Waals surface area contributed by atoms with Gasteiger partial charge in [-0.15, -0.1) is 0 Å². The minimum atomic E-state index is -1.09. The summed E-state index contributed by atoms with van der Waals surface area (Å²) < 4.78 is 0.267. The third kappa shape index (κ3) is 4.28. The predicted octanol–water partition coefficient (Wildman–Crippen LogP) is 4.20. The molecule has 0 aromatic heterocycles. The molecule has 1 fully saturated rings. The fourth-order valence-corrected chi connectivity index (χ4v) is 3.69. The van der Waals surface area contributed by atoms with E-state index in [1.165, 1.54) is 0 Å². The molecule has 0 radical (unpaired) electrons. The standard InChI is InChI=1S/C20H15NO3S2/c22-18(23)13-21-19(24)17(26-20(21)25)11-5-7-14-6-4-10-16(12-14)15-8-2-1-3-9-15/h1-12H,13H2,(H,22,23). The molecule has 1 heterocycles. The maximum absolute atomic E-state index is 12.2. The number of hydrogen-bond donors (Lipinski definition) is 1. The quantitative estimate of drug-likeness (QED) is 0.621. The number of carbonyl (C=O) groups excluding carboxylic acids is 1. The Balaban J connectivity index is 1.75. The zero-order chi connectivity index (χ0) is 18.5. The lowest BCUT2D eigenvalue weighted by Crippen LogP contribution is -2.33.